The van der Waals surface area contributed by atoms with Gasteiger partial charge in [0, 0.05) is 0 Å². The van der Waals surface area contributed by atoms with Gasteiger partial charge in [0.2, 0.25) is 0 Å². The van der Waals surface area contributed by atoms with Crippen LogP contribution >= 0.6 is 0 Å². The molecule has 3 nitrogen and oxygen atoms in total. The van der Waals surface area contributed by atoms with Crippen molar-refractivity contribution < 1.29 is 10.2 Å². The minimum atomic E-state index is -0.779. The van der Waals surface area contributed by atoms with Gasteiger partial charge in [0.05, 0.1) is 0 Å². The van der Waals surface area contributed by atoms with Gasteiger partial charge in [0.25, 0.3) is 0 Å². The highest BCUT2D eigenvalue weighted by Crippen LogP contribution is 2.34. The molecule has 0 aromatic rings. The molecule has 2 aliphatic carbocycles. The molecule has 0 aliphatic heterocycles. The average molecular weight is 185 g/mol. The van der Waals surface area contributed by atoms with Crippen LogP contribution in [0.4, 0.5) is 0 Å². The van der Waals surface area contributed by atoms with Gasteiger partial charge in [-0.05, 0) is 51.4 Å². The quantitative estimate of drug-likeness (QED) is 0.565. The van der Waals surface area contributed by atoms with Crippen LogP contribution in [0, 0.1) is 0 Å². The van der Waals surface area contributed by atoms with E-state index in [1.165, 1.54) is 0 Å². The van der Waals surface area contributed by atoms with Crippen molar-refractivity contribution in [2.75, 3.05) is 0 Å². The number of hydrogen-bond acceptors (Lipinski definition) is 3. The highest BCUT2D eigenvalue weighted by molar-refractivity contribution is 4.91. The van der Waals surface area contributed by atoms with E-state index in [1.807, 2.05) is 0 Å². The molecule has 13 heavy (non-hydrogen) atoms. The van der Waals surface area contributed by atoms with Gasteiger partial charge in [-0.1, -0.05) is 0 Å². The van der Waals surface area contributed by atoms with Gasteiger partial charge in [-0.15, -0.1) is 0 Å². The van der Waals surface area contributed by atoms with Crippen molar-refractivity contribution in [3.63, 3.8) is 0 Å². The lowest BCUT2D eigenvalue weighted by atomic mass is 10.1. The van der Waals surface area contributed by atoms with Crippen LogP contribution in [0.15, 0.2) is 0 Å². The van der Waals surface area contributed by atoms with Crippen molar-refractivity contribution in [2.24, 2.45) is 0 Å². The fourth-order valence-electron chi connectivity index (χ4n) is 2.60. The van der Waals surface area contributed by atoms with Crippen LogP contribution in [0.25, 0.3) is 0 Å². The van der Waals surface area contributed by atoms with Crippen LogP contribution in [0.1, 0.15) is 51.4 Å². The Labute approximate surface area is 79.2 Å². The van der Waals surface area contributed by atoms with E-state index in [2.05, 4.69) is 5.32 Å². The van der Waals surface area contributed by atoms with Crippen LogP contribution < -0.4 is 5.32 Å². The molecule has 3 N–H and O–H groups in total. The molecule has 0 aromatic heterocycles. The third-order valence-corrected chi connectivity index (χ3v) is 3.33. The molecule has 0 heterocycles. The molecule has 76 valence electrons. The fourth-order valence-corrected chi connectivity index (χ4v) is 2.60. The molecule has 0 spiro atoms. The second-order valence-corrected chi connectivity index (χ2v) is 4.60. The van der Waals surface area contributed by atoms with Crippen LogP contribution in [0.3, 0.4) is 0 Å². The van der Waals surface area contributed by atoms with E-state index in [0.717, 1.165) is 51.4 Å². The van der Waals surface area contributed by atoms with E-state index >= 15 is 0 Å². The van der Waals surface area contributed by atoms with E-state index in [-0.39, 0.29) is 0 Å². The van der Waals surface area contributed by atoms with Crippen LogP contribution in [0.5, 0.6) is 0 Å². The van der Waals surface area contributed by atoms with Crippen LogP contribution in [-0.4, -0.2) is 21.7 Å². The van der Waals surface area contributed by atoms with Crippen molar-refractivity contribution in [3.05, 3.63) is 0 Å². The highest BCUT2D eigenvalue weighted by Gasteiger charge is 2.40. The van der Waals surface area contributed by atoms with Gasteiger partial charge in [0.1, 0.15) is 11.4 Å². The monoisotopic (exact) mass is 185 g/mol. The zero-order chi connectivity index (χ0) is 9.36. The van der Waals surface area contributed by atoms with Gasteiger partial charge < -0.3 is 10.2 Å². The molecule has 0 atom stereocenters. The van der Waals surface area contributed by atoms with Crippen molar-refractivity contribution in [1.29, 1.82) is 0 Å². The Balaban J connectivity index is 1.95. The summed E-state index contributed by atoms with van der Waals surface area (Å²) in [5.41, 5.74) is -1.56. The normalized spacial score (nSPS) is 30.9. The zero-order valence-electron chi connectivity index (χ0n) is 8.05. The fraction of sp³-hybridized carbons (Fsp3) is 1.00. The summed E-state index contributed by atoms with van der Waals surface area (Å²) in [6.07, 6.45) is 7.42. The third kappa shape index (κ3) is 2.03. The van der Waals surface area contributed by atoms with Crippen LogP contribution in [-0.2, 0) is 0 Å². The Bertz CT molecular complexity index is 161. The van der Waals surface area contributed by atoms with E-state index in [4.69, 9.17) is 0 Å². The Morgan fingerprint density at radius 2 is 1.00 bits per heavy atom. The van der Waals surface area contributed by atoms with Crippen molar-refractivity contribution in [2.45, 2.75) is 62.8 Å². The van der Waals surface area contributed by atoms with E-state index < -0.39 is 11.4 Å². The summed E-state index contributed by atoms with van der Waals surface area (Å²) in [7, 11) is 0. The number of nitrogens with one attached hydrogen (secondary N) is 1. The third-order valence-electron chi connectivity index (χ3n) is 3.33. The summed E-state index contributed by atoms with van der Waals surface area (Å²) >= 11 is 0. The molecular weight excluding hydrogens is 166 g/mol. The van der Waals surface area contributed by atoms with Crippen molar-refractivity contribution in [1.82, 2.24) is 5.32 Å². The Morgan fingerprint density at radius 1 is 0.692 bits per heavy atom. The average Bonchev–Trinajstić information content (AvgIpc) is 2.60. The number of aliphatic hydroxyl groups is 2. The van der Waals surface area contributed by atoms with Crippen LogP contribution in [0.2, 0.25) is 0 Å². The predicted octanol–water partition coefficient (Wildman–Crippen LogP) is 1.10. The molecule has 2 rings (SSSR count). The summed E-state index contributed by atoms with van der Waals surface area (Å²) in [4.78, 5) is 0. The molecule has 3 heteroatoms. The predicted molar refractivity (Wildman–Crippen MR) is 50.0 cm³/mol. The van der Waals surface area contributed by atoms with E-state index in [0.29, 0.717) is 0 Å². The first-order valence-corrected chi connectivity index (χ1v) is 5.36. The Morgan fingerprint density at radius 3 is 1.31 bits per heavy atom. The second kappa shape index (κ2) is 3.23. The summed E-state index contributed by atoms with van der Waals surface area (Å²) in [6.45, 7) is 0. The molecule has 2 saturated carbocycles. The molecule has 0 bridgehead atoms. The summed E-state index contributed by atoms with van der Waals surface area (Å²) in [6, 6.07) is 0. The molecule has 0 aromatic carbocycles. The molecule has 2 aliphatic rings. The topological polar surface area (TPSA) is 52.5 Å². The molecule has 2 fully saturated rings. The molecule has 0 saturated heterocycles. The van der Waals surface area contributed by atoms with Gasteiger partial charge in [0.15, 0.2) is 0 Å². The van der Waals surface area contributed by atoms with Gasteiger partial charge in [-0.25, -0.2) is 0 Å². The lowest BCUT2D eigenvalue weighted by molar-refractivity contribution is -0.0953. The number of hydrogen-bond donors (Lipinski definition) is 3. The maximum Gasteiger partial charge on any atom is 0.118 e. The second-order valence-electron chi connectivity index (χ2n) is 4.60. The first kappa shape index (κ1) is 9.44. The number of rotatable bonds is 2. The van der Waals surface area contributed by atoms with Crippen molar-refractivity contribution in [3.8, 4) is 0 Å². The lowest BCUT2D eigenvalue weighted by Crippen LogP contribution is -2.55. The minimum Gasteiger partial charge on any atom is -0.376 e. The summed E-state index contributed by atoms with van der Waals surface area (Å²) < 4.78 is 0. The Kier molecular flexibility index (Phi) is 2.34. The maximum atomic E-state index is 10.0. The molecule has 0 radical (unpaired) electrons. The first-order valence-electron chi connectivity index (χ1n) is 5.36. The van der Waals surface area contributed by atoms with E-state index in [9.17, 15) is 10.2 Å². The Hall–Kier alpha value is -0.120. The largest absolute Gasteiger partial charge is 0.376 e. The van der Waals surface area contributed by atoms with Gasteiger partial charge in [-0.2, -0.15) is 0 Å². The highest BCUT2D eigenvalue weighted by atomic mass is 16.3. The minimum absolute atomic E-state index is 0.779. The standard InChI is InChI=1S/C10H19NO2/c12-9(5-1-2-6-9)11-10(13)7-3-4-8-10/h11-13H,1-8H2. The summed E-state index contributed by atoms with van der Waals surface area (Å²) in [5, 5.41) is 23.1. The molecule has 0 amide bonds. The van der Waals surface area contributed by atoms with Crippen molar-refractivity contribution >= 4 is 0 Å². The molecule has 0 unspecified atom stereocenters. The summed E-state index contributed by atoms with van der Waals surface area (Å²) in [5.74, 6) is 0. The lowest BCUT2D eigenvalue weighted by Gasteiger charge is -2.34. The first-order chi connectivity index (χ1) is 6.12. The van der Waals surface area contributed by atoms with Gasteiger partial charge >= 0.3 is 0 Å². The van der Waals surface area contributed by atoms with Gasteiger partial charge in [-0.3, -0.25) is 5.32 Å². The maximum absolute atomic E-state index is 10.0. The SMILES string of the molecule is OC1(NC2(O)CCCC2)CCCC1. The smallest absolute Gasteiger partial charge is 0.118 e. The molecular formula is C10H19NO2. The van der Waals surface area contributed by atoms with E-state index in [1.54, 1.807) is 0 Å². The zero-order valence-corrected chi connectivity index (χ0v) is 8.05.